The summed E-state index contributed by atoms with van der Waals surface area (Å²) in [6.07, 6.45) is 0. The Bertz CT molecular complexity index is 303. The van der Waals surface area contributed by atoms with Crippen LogP contribution >= 0.6 is 28.3 Å². The predicted octanol–water partition coefficient (Wildman–Crippen LogP) is 2.29. The highest BCUT2D eigenvalue weighted by atomic mass is 79.9. The van der Waals surface area contributed by atoms with Crippen molar-refractivity contribution in [1.29, 1.82) is 5.41 Å². The predicted molar refractivity (Wildman–Crippen MR) is 52.4 cm³/mol. The molecule has 0 aromatic heterocycles. The third-order valence-corrected chi connectivity index (χ3v) is 1.71. The zero-order valence-corrected chi connectivity index (χ0v) is 8.38. The van der Waals surface area contributed by atoms with Crippen LogP contribution in [0.3, 0.4) is 0 Å². The number of nitrogen functional groups attached to an aromatic ring is 1. The smallest absolute Gasteiger partial charge is 0.134 e. The molecule has 12 heavy (non-hydrogen) atoms. The quantitative estimate of drug-likeness (QED) is 0.585. The molecule has 5 heteroatoms. The van der Waals surface area contributed by atoms with Crippen LogP contribution in [0.4, 0.5) is 4.39 Å². The van der Waals surface area contributed by atoms with Crippen molar-refractivity contribution >= 4 is 34.2 Å². The SMILES string of the molecule is Cl.N=C(N)c1cc(Br)ccc1F. The number of hydrogen-bond donors (Lipinski definition) is 2. The summed E-state index contributed by atoms with van der Waals surface area (Å²) >= 11 is 3.15. The highest BCUT2D eigenvalue weighted by Gasteiger charge is 2.03. The summed E-state index contributed by atoms with van der Waals surface area (Å²) < 4.78 is 13.5. The Kier molecular flexibility index (Phi) is 4.20. The second kappa shape index (κ2) is 4.42. The van der Waals surface area contributed by atoms with Crippen LogP contribution in [0.2, 0.25) is 0 Å². The lowest BCUT2D eigenvalue weighted by Crippen LogP contribution is -2.12. The second-order valence-electron chi connectivity index (χ2n) is 2.04. The van der Waals surface area contributed by atoms with Crippen molar-refractivity contribution < 1.29 is 4.39 Å². The van der Waals surface area contributed by atoms with E-state index >= 15 is 0 Å². The van der Waals surface area contributed by atoms with Crippen LogP contribution in [0, 0.1) is 11.2 Å². The van der Waals surface area contributed by atoms with E-state index in [0.29, 0.717) is 4.47 Å². The van der Waals surface area contributed by atoms with Gasteiger partial charge in [-0.1, -0.05) is 15.9 Å². The van der Waals surface area contributed by atoms with E-state index in [9.17, 15) is 4.39 Å². The summed E-state index contributed by atoms with van der Waals surface area (Å²) in [7, 11) is 0. The normalized spacial score (nSPS) is 8.83. The van der Waals surface area contributed by atoms with E-state index in [0.717, 1.165) is 0 Å². The Morgan fingerprint density at radius 1 is 1.50 bits per heavy atom. The van der Waals surface area contributed by atoms with Crippen LogP contribution in [-0.4, -0.2) is 5.84 Å². The lowest BCUT2D eigenvalue weighted by Gasteiger charge is -1.99. The molecule has 0 aliphatic rings. The van der Waals surface area contributed by atoms with Gasteiger partial charge in [0.15, 0.2) is 0 Å². The zero-order valence-electron chi connectivity index (χ0n) is 5.97. The first-order chi connectivity index (χ1) is 5.11. The minimum absolute atomic E-state index is 0. The van der Waals surface area contributed by atoms with E-state index in [2.05, 4.69) is 15.9 Å². The number of halogens is 3. The first-order valence-corrected chi connectivity index (χ1v) is 3.70. The molecule has 0 saturated carbocycles. The fraction of sp³-hybridized carbons (Fsp3) is 0. The summed E-state index contributed by atoms with van der Waals surface area (Å²) in [6, 6.07) is 4.29. The molecule has 1 aromatic rings. The third kappa shape index (κ3) is 2.46. The molecule has 0 spiro atoms. The Balaban J connectivity index is 0.00000121. The molecule has 0 bridgehead atoms. The van der Waals surface area contributed by atoms with E-state index in [-0.39, 0.29) is 23.8 Å². The molecule has 0 aliphatic heterocycles. The summed E-state index contributed by atoms with van der Waals surface area (Å²) in [5.41, 5.74) is 5.23. The van der Waals surface area contributed by atoms with Crippen molar-refractivity contribution in [3.05, 3.63) is 34.1 Å². The van der Waals surface area contributed by atoms with Crippen molar-refractivity contribution in [3.8, 4) is 0 Å². The van der Waals surface area contributed by atoms with Crippen molar-refractivity contribution in [2.75, 3.05) is 0 Å². The monoisotopic (exact) mass is 252 g/mol. The maximum Gasteiger partial charge on any atom is 0.134 e. The standard InChI is InChI=1S/C7H6BrFN2.ClH/c8-4-1-2-6(9)5(3-4)7(10)11;/h1-3H,(H3,10,11);1H. The molecule has 0 radical (unpaired) electrons. The average molecular weight is 254 g/mol. The Hall–Kier alpha value is -0.610. The molecule has 0 aliphatic carbocycles. The van der Waals surface area contributed by atoms with Crippen molar-refractivity contribution in [3.63, 3.8) is 0 Å². The van der Waals surface area contributed by atoms with Gasteiger partial charge in [-0.2, -0.15) is 0 Å². The largest absolute Gasteiger partial charge is 0.384 e. The first-order valence-electron chi connectivity index (χ1n) is 2.90. The van der Waals surface area contributed by atoms with Gasteiger partial charge in [0.2, 0.25) is 0 Å². The van der Waals surface area contributed by atoms with E-state index < -0.39 is 5.82 Å². The molecule has 66 valence electrons. The van der Waals surface area contributed by atoms with Gasteiger partial charge in [0.25, 0.3) is 0 Å². The molecular weight excluding hydrogens is 246 g/mol. The van der Waals surface area contributed by atoms with Crippen LogP contribution in [0.25, 0.3) is 0 Å². The lowest BCUT2D eigenvalue weighted by atomic mass is 10.2. The summed E-state index contributed by atoms with van der Waals surface area (Å²) in [5, 5.41) is 6.99. The van der Waals surface area contributed by atoms with E-state index in [1.54, 1.807) is 6.07 Å². The summed E-state index contributed by atoms with van der Waals surface area (Å²) in [5.74, 6) is -0.732. The molecule has 2 nitrogen and oxygen atoms in total. The highest BCUT2D eigenvalue weighted by molar-refractivity contribution is 9.10. The van der Waals surface area contributed by atoms with Gasteiger partial charge in [-0.05, 0) is 18.2 Å². The van der Waals surface area contributed by atoms with Crippen LogP contribution in [0.1, 0.15) is 5.56 Å². The van der Waals surface area contributed by atoms with Crippen molar-refractivity contribution in [2.45, 2.75) is 0 Å². The summed E-state index contributed by atoms with van der Waals surface area (Å²) in [6.45, 7) is 0. The zero-order chi connectivity index (χ0) is 8.43. The maximum absolute atomic E-state index is 12.8. The third-order valence-electron chi connectivity index (χ3n) is 1.22. The molecule has 0 fully saturated rings. The van der Waals surface area contributed by atoms with Gasteiger partial charge >= 0.3 is 0 Å². The molecule has 0 unspecified atom stereocenters. The first kappa shape index (κ1) is 11.4. The molecular formula is C7H7BrClFN2. The number of amidine groups is 1. The number of nitrogens with two attached hydrogens (primary N) is 1. The average Bonchev–Trinajstić information content (AvgIpc) is 1.94. The fourth-order valence-corrected chi connectivity index (χ4v) is 1.06. The van der Waals surface area contributed by atoms with Crippen LogP contribution < -0.4 is 5.73 Å². The Labute approximate surface area is 84.0 Å². The maximum atomic E-state index is 12.8. The minimum atomic E-state index is -0.472. The molecule has 1 aromatic carbocycles. The van der Waals surface area contributed by atoms with Crippen LogP contribution in [0.15, 0.2) is 22.7 Å². The minimum Gasteiger partial charge on any atom is -0.384 e. The van der Waals surface area contributed by atoms with E-state index in [1.165, 1.54) is 12.1 Å². The number of rotatable bonds is 1. The number of hydrogen-bond acceptors (Lipinski definition) is 1. The van der Waals surface area contributed by atoms with Gasteiger partial charge < -0.3 is 5.73 Å². The van der Waals surface area contributed by atoms with Crippen molar-refractivity contribution in [1.82, 2.24) is 0 Å². The van der Waals surface area contributed by atoms with Gasteiger partial charge in [-0.25, -0.2) is 4.39 Å². The van der Waals surface area contributed by atoms with Gasteiger partial charge in [-0.15, -0.1) is 12.4 Å². The highest BCUT2D eigenvalue weighted by Crippen LogP contribution is 2.14. The number of nitrogens with one attached hydrogen (secondary N) is 1. The number of benzene rings is 1. The van der Waals surface area contributed by atoms with E-state index in [4.69, 9.17) is 11.1 Å². The second-order valence-corrected chi connectivity index (χ2v) is 2.95. The van der Waals surface area contributed by atoms with Gasteiger partial charge in [0.05, 0.1) is 5.56 Å². The molecule has 3 N–H and O–H groups in total. The molecule has 1 rings (SSSR count). The van der Waals surface area contributed by atoms with Crippen LogP contribution in [0.5, 0.6) is 0 Å². The molecule has 0 atom stereocenters. The van der Waals surface area contributed by atoms with Crippen molar-refractivity contribution in [2.24, 2.45) is 5.73 Å². The Morgan fingerprint density at radius 3 is 2.50 bits per heavy atom. The van der Waals surface area contributed by atoms with Gasteiger partial charge in [0.1, 0.15) is 11.7 Å². The van der Waals surface area contributed by atoms with Crippen LogP contribution in [-0.2, 0) is 0 Å². The van der Waals surface area contributed by atoms with E-state index in [1.807, 2.05) is 0 Å². The lowest BCUT2D eigenvalue weighted by molar-refractivity contribution is 0.624. The fourth-order valence-electron chi connectivity index (χ4n) is 0.704. The molecule has 0 amide bonds. The van der Waals surface area contributed by atoms with Gasteiger partial charge in [0, 0.05) is 4.47 Å². The Morgan fingerprint density at radius 2 is 2.08 bits per heavy atom. The topological polar surface area (TPSA) is 49.9 Å². The summed E-state index contributed by atoms with van der Waals surface area (Å²) in [4.78, 5) is 0. The molecule has 0 saturated heterocycles. The van der Waals surface area contributed by atoms with Gasteiger partial charge in [-0.3, -0.25) is 5.41 Å². The molecule has 0 heterocycles.